The van der Waals surface area contributed by atoms with Gasteiger partial charge in [0.2, 0.25) is 13.1 Å². The normalized spacial score (nSPS) is 36.4. The number of hydrogen-bond donors (Lipinski definition) is 4. The monoisotopic (exact) mass is 518 g/mol. The number of ether oxygens (including phenoxy) is 7. The first-order chi connectivity index (χ1) is 18.0. The molecular formula is C26H30O11. The van der Waals surface area contributed by atoms with Crippen molar-refractivity contribution in [1.82, 2.24) is 0 Å². The average Bonchev–Trinajstić information content (AvgIpc) is 3.65. The SMILES string of the molecule is COc1cc(C2OCC3C(c4ccc5c(c4)OCO5)OCC23)ccc1OC1OC(CO)C(O)C(O)C1O. The van der Waals surface area contributed by atoms with Gasteiger partial charge in [-0.05, 0) is 35.4 Å². The van der Waals surface area contributed by atoms with Gasteiger partial charge < -0.3 is 53.6 Å². The highest BCUT2D eigenvalue weighted by molar-refractivity contribution is 5.46. The Bertz CT molecular complexity index is 1120. The van der Waals surface area contributed by atoms with Crippen LogP contribution >= 0.6 is 0 Å². The molecule has 11 nitrogen and oxygen atoms in total. The molecule has 200 valence electrons. The Kier molecular flexibility index (Phi) is 6.61. The van der Waals surface area contributed by atoms with Gasteiger partial charge >= 0.3 is 0 Å². The fourth-order valence-electron chi connectivity index (χ4n) is 5.57. The highest BCUT2D eigenvalue weighted by Crippen LogP contribution is 2.52. The number of benzene rings is 2. The van der Waals surface area contributed by atoms with Crippen molar-refractivity contribution in [3.63, 3.8) is 0 Å². The van der Waals surface area contributed by atoms with Crippen molar-refractivity contribution in [2.45, 2.75) is 42.9 Å². The third-order valence-electron chi connectivity index (χ3n) is 7.60. The van der Waals surface area contributed by atoms with Gasteiger partial charge in [-0.25, -0.2) is 0 Å². The lowest BCUT2D eigenvalue weighted by molar-refractivity contribution is -0.277. The molecule has 37 heavy (non-hydrogen) atoms. The van der Waals surface area contributed by atoms with E-state index in [1.807, 2.05) is 24.3 Å². The second-order valence-corrected chi connectivity index (χ2v) is 9.67. The van der Waals surface area contributed by atoms with Crippen LogP contribution in [-0.2, 0) is 14.2 Å². The summed E-state index contributed by atoms with van der Waals surface area (Å²) in [5.41, 5.74) is 1.92. The summed E-state index contributed by atoms with van der Waals surface area (Å²) in [6, 6.07) is 11.2. The number of aliphatic hydroxyl groups is 4. The van der Waals surface area contributed by atoms with Crippen molar-refractivity contribution in [3.05, 3.63) is 47.5 Å². The van der Waals surface area contributed by atoms with Crippen molar-refractivity contribution < 1.29 is 53.6 Å². The summed E-state index contributed by atoms with van der Waals surface area (Å²) >= 11 is 0. The molecule has 0 saturated carbocycles. The molecule has 0 bridgehead atoms. The second-order valence-electron chi connectivity index (χ2n) is 9.67. The van der Waals surface area contributed by atoms with Crippen LogP contribution in [0.2, 0.25) is 0 Å². The maximum atomic E-state index is 10.3. The summed E-state index contributed by atoms with van der Waals surface area (Å²) in [5.74, 6) is 2.41. The van der Waals surface area contributed by atoms with Crippen molar-refractivity contribution >= 4 is 0 Å². The molecule has 3 fully saturated rings. The molecule has 11 heteroatoms. The van der Waals surface area contributed by atoms with Gasteiger partial charge in [-0.2, -0.15) is 0 Å². The van der Waals surface area contributed by atoms with Crippen molar-refractivity contribution in [1.29, 1.82) is 0 Å². The summed E-state index contributed by atoms with van der Waals surface area (Å²) < 4.78 is 40.2. The molecule has 9 atom stereocenters. The van der Waals surface area contributed by atoms with E-state index in [1.165, 1.54) is 7.11 Å². The largest absolute Gasteiger partial charge is 0.493 e. The molecule has 0 radical (unpaired) electrons. The van der Waals surface area contributed by atoms with Crippen molar-refractivity contribution in [2.24, 2.45) is 11.8 Å². The van der Waals surface area contributed by atoms with Crippen LogP contribution in [0.1, 0.15) is 23.3 Å². The Morgan fingerprint density at radius 1 is 0.811 bits per heavy atom. The molecule has 4 heterocycles. The fourth-order valence-corrected chi connectivity index (χ4v) is 5.57. The Labute approximate surface area is 213 Å². The topological polar surface area (TPSA) is 146 Å². The average molecular weight is 519 g/mol. The fraction of sp³-hybridized carbons (Fsp3) is 0.538. The minimum absolute atomic E-state index is 0.111. The molecule has 4 aliphatic heterocycles. The van der Waals surface area contributed by atoms with E-state index < -0.39 is 37.3 Å². The van der Waals surface area contributed by atoms with Gasteiger partial charge in [0, 0.05) is 11.8 Å². The zero-order chi connectivity index (χ0) is 25.7. The maximum absolute atomic E-state index is 10.3. The predicted octanol–water partition coefficient (Wildman–Crippen LogP) is 0.678. The summed E-state index contributed by atoms with van der Waals surface area (Å²) in [5, 5.41) is 39.8. The molecule has 0 amide bonds. The first-order valence-electron chi connectivity index (χ1n) is 12.3. The minimum Gasteiger partial charge on any atom is -0.493 e. The molecule has 4 aliphatic rings. The van der Waals surface area contributed by atoms with E-state index in [0.29, 0.717) is 19.0 Å². The zero-order valence-electron chi connectivity index (χ0n) is 20.1. The van der Waals surface area contributed by atoms with Crippen LogP contribution in [-0.4, -0.2) is 84.9 Å². The lowest BCUT2D eigenvalue weighted by Crippen LogP contribution is -2.60. The molecular weight excluding hydrogens is 488 g/mol. The van der Waals surface area contributed by atoms with Crippen molar-refractivity contribution in [2.75, 3.05) is 33.7 Å². The summed E-state index contributed by atoms with van der Waals surface area (Å²) in [7, 11) is 1.49. The predicted molar refractivity (Wildman–Crippen MR) is 124 cm³/mol. The van der Waals surface area contributed by atoms with E-state index in [0.717, 1.165) is 22.6 Å². The smallest absolute Gasteiger partial charge is 0.231 e. The van der Waals surface area contributed by atoms with Crippen LogP contribution in [0.25, 0.3) is 0 Å². The summed E-state index contributed by atoms with van der Waals surface area (Å²) in [6.07, 6.45) is -7.23. The van der Waals surface area contributed by atoms with E-state index in [2.05, 4.69) is 0 Å². The highest BCUT2D eigenvalue weighted by Gasteiger charge is 2.49. The Balaban J connectivity index is 1.18. The van der Waals surface area contributed by atoms with E-state index in [4.69, 9.17) is 33.2 Å². The van der Waals surface area contributed by atoms with Gasteiger partial charge in [0.15, 0.2) is 23.0 Å². The van der Waals surface area contributed by atoms with Gasteiger partial charge in [0.1, 0.15) is 24.4 Å². The van der Waals surface area contributed by atoms with Crippen LogP contribution < -0.4 is 18.9 Å². The Morgan fingerprint density at radius 2 is 1.49 bits per heavy atom. The number of fused-ring (bicyclic) bond motifs is 2. The Hall–Kier alpha value is -2.64. The molecule has 0 spiro atoms. The molecule has 4 N–H and O–H groups in total. The van der Waals surface area contributed by atoms with E-state index in [9.17, 15) is 20.4 Å². The first kappa shape index (κ1) is 24.7. The Morgan fingerprint density at radius 3 is 2.19 bits per heavy atom. The van der Waals surface area contributed by atoms with Crippen molar-refractivity contribution in [3.8, 4) is 23.0 Å². The standard InChI is InChI=1S/C26H30O11/c1-31-18-6-12(3-5-17(18)36-26-23(30)22(29)21(28)20(8-27)37-26)24-14-9-33-25(15(14)10-32-24)13-2-4-16-19(7-13)35-11-34-16/h2-7,14-15,20-30H,8-11H2,1H3. The third kappa shape index (κ3) is 4.30. The number of methoxy groups -OCH3 is 1. The van der Waals surface area contributed by atoms with Gasteiger partial charge in [0.25, 0.3) is 0 Å². The van der Waals surface area contributed by atoms with Crippen LogP contribution in [0.15, 0.2) is 36.4 Å². The molecule has 2 aromatic rings. The quantitative estimate of drug-likeness (QED) is 0.428. The molecule has 6 rings (SSSR count). The number of rotatable bonds is 6. The molecule has 9 unspecified atom stereocenters. The van der Waals surface area contributed by atoms with Crippen LogP contribution in [0.5, 0.6) is 23.0 Å². The van der Waals surface area contributed by atoms with Gasteiger partial charge in [0.05, 0.1) is 39.1 Å². The van der Waals surface area contributed by atoms with E-state index in [1.54, 1.807) is 12.1 Å². The van der Waals surface area contributed by atoms with Gasteiger partial charge in [-0.3, -0.25) is 0 Å². The highest BCUT2D eigenvalue weighted by atomic mass is 16.7. The molecule has 0 aromatic heterocycles. The van der Waals surface area contributed by atoms with E-state index in [-0.39, 0.29) is 36.6 Å². The lowest BCUT2D eigenvalue weighted by atomic mass is 9.85. The zero-order valence-corrected chi connectivity index (χ0v) is 20.1. The van der Waals surface area contributed by atoms with Crippen LogP contribution in [0, 0.1) is 11.8 Å². The lowest BCUT2D eigenvalue weighted by Gasteiger charge is -2.39. The van der Waals surface area contributed by atoms with Gasteiger partial charge in [-0.1, -0.05) is 12.1 Å². The second kappa shape index (κ2) is 9.91. The number of hydrogen-bond acceptors (Lipinski definition) is 11. The van der Waals surface area contributed by atoms with Crippen LogP contribution in [0.3, 0.4) is 0 Å². The minimum atomic E-state index is -1.54. The van der Waals surface area contributed by atoms with E-state index >= 15 is 0 Å². The van der Waals surface area contributed by atoms with Crippen LogP contribution in [0.4, 0.5) is 0 Å². The van der Waals surface area contributed by atoms with Gasteiger partial charge in [-0.15, -0.1) is 0 Å². The third-order valence-corrected chi connectivity index (χ3v) is 7.60. The number of aliphatic hydroxyl groups excluding tert-OH is 4. The maximum Gasteiger partial charge on any atom is 0.231 e. The summed E-state index contributed by atoms with van der Waals surface area (Å²) in [6.45, 7) is 0.761. The molecule has 0 aliphatic carbocycles. The summed E-state index contributed by atoms with van der Waals surface area (Å²) in [4.78, 5) is 0. The first-order valence-corrected chi connectivity index (χ1v) is 12.3. The molecule has 3 saturated heterocycles. The molecule has 2 aromatic carbocycles.